The molecule has 230 valence electrons. The second kappa shape index (κ2) is 12.1. The Bertz CT molecular complexity index is 2530. The second-order valence-corrected chi connectivity index (χ2v) is 11.7. The molecule has 0 aliphatic heterocycles. The van der Waals surface area contributed by atoms with Gasteiger partial charge < -0.3 is 4.42 Å². The molecule has 3 aromatic heterocycles. The van der Waals surface area contributed by atoms with E-state index in [1.165, 1.54) is 0 Å². The van der Waals surface area contributed by atoms with Gasteiger partial charge in [0.15, 0.2) is 23.1 Å². The quantitative estimate of drug-likeness (QED) is 0.182. The molecule has 0 bridgehead atoms. The van der Waals surface area contributed by atoms with Gasteiger partial charge in [-0.25, -0.2) is 24.9 Å². The number of nitrogens with zero attached hydrogens (tertiary/aromatic N) is 5. The van der Waals surface area contributed by atoms with Crippen LogP contribution in [0.5, 0.6) is 0 Å². The minimum absolute atomic E-state index is 0.621. The van der Waals surface area contributed by atoms with E-state index >= 15 is 0 Å². The van der Waals surface area contributed by atoms with Crippen LogP contribution >= 0.6 is 0 Å². The van der Waals surface area contributed by atoms with Crippen LogP contribution in [0, 0.1) is 0 Å². The molecule has 6 aromatic carbocycles. The van der Waals surface area contributed by atoms with Crippen molar-refractivity contribution >= 4 is 22.1 Å². The molecular weight excluding hydrogens is 603 g/mol. The lowest BCUT2D eigenvalue weighted by Crippen LogP contribution is -2.00. The number of para-hydroxylation sites is 1. The van der Waals surface area contributed by atoms with Crippen molar-refractivity contribution in [3.8, 4) is 67.7 Å². The van der Waals surface area contributed by atoms with Gasteiger partial charge in [-0.2, -0.15) is 0 Å². The lowest BCUT2D eigenvalue weighted by atomic mass is 10.00. The molecule has 0 radical (unpaired) electrons. The molecule has 6 nitrogen and oxygen atoms in total. The van der Waals surface area contributed by atoms with Crippen molar-refractivity contribution in [3.63, 3.8) is 0 Å². The number of fused-ring (bicyclic) bond motifs is 3. The zero-order valence-corrected chi connectivity index (χ0v) is 26.2. The summed E-state index contributed by atoms with van der Waals surface area (Å²) in [6.45, 7) is 0. The van der Waals surface area contributed by atoms with Crippen LogP contribution in [0.4, 0.5) is 0 Å². The van der Waals surface area contributed by atoms with Crippen LogP contribution in [0.1, 0.15) is 0 Å². The van der Waals surface area contributed by atoms with E-state index in [0.717, 1.165) is 66.7 Å². The molecule has 0 amide bonds. The molecular formula is C43H27N5O. The largest absolute Gasteiger partial charge is 0.451 e. The van der Waals surface area contributed by atoms with E-state index in [4.69, 9.17) is 24.4 Å². The second-order valence-electron chi connectivity index (χ2n) is 11.7. The van der Waals surface area contributed by atoms with Gasteiger partial charge in [0.05, 0.1) is 0 Å². The predicted molar refractivity (Wildman–Crippen MR) is 195 cm³/mol. The Morgan fingerprint density at radius 2 is 0.878 bits per heavy atom. The first kappa shape index (κ1) is 28.4. The Morgan fingerprint density at radius 3 is 1.51 bits per heavy atom. The first-order valence-electron chi connectivity index (χ1n) is 16.1. The molecule has 9 aromatic rings. The molecule has 0 atom stereocenters. The van der Waals surface area contributed by atoms with Gasteiger partial charge >= 0.3 is 0 Å². The predicted octanol–water partition coefficient (Wildman–Crippen LogP) is 10.6. The van der Waals surface area contributed by atoms with Gasteiger partial charge in [0.1, 0.15) is 23.1 Å². The smallest absolute Gasteiger partial charge is 0.180 e. The highest BCUT2D eigenvalue weighted by atomic mass is 16.3. The summed E-state index contributed by atoms with van der Waals surface area (Å²) < 4.78 is 6.57. The van der Waals surface area contributed by atoms with E-state index in [1.54, 1.807) is 6.33 Å². The topological polar surface area (TPSA) is 77.6 Å². The molecule has 0 fully saturated rings. The zero-order chi connectivity index (χ0) is 32.6. The Hall–Kier alpha value is -6.79. The van der Waals surface area contributed by atoms with Crippen LogP contribution in [0.2, 0.25) is 0 Å². The molecule has 0 saturated heterocycles. The van der Waals surface area contributed by atoms with Gasteiger partial charge in [0, 0.05) is 33.2 Å². The van der Waals surface area contributed by atoms with Crippen LogP contribution in [0.25, 0.3) is 89.7 Å². The number of rotatable bonds is 6. The van der Waals surface area contributed by atoms with E-state index in [2.05, 4.69) is 77.8 Å². The van der Waals surface area contributed by atoms with Crippen LogP contribution in [0.15, 0.2) is 168 Å². The van der Waals surface area contributed by atoms with Crippen molar-refractivity contribution in [2.24, 2.45) is 0 Å². The van der Waals surface area contributed by atoms with Gasteiger partial charge in [-0.15, -0.1) is 0 Å². The number of hydrogen-bond donors (Lipinski definition) is 0. The summed E-state index contributed by atoms with van der Waals surface area (Å²) in [7, 11) is 0. The lowest BCUT2D eigenvalue weighted by molar-refractivity contribution is 0.668. The third-order valence-corrected chi connectivity index (χ3v) is 8.67. The fraction of sp³-hybridized carbons (Fsp3) is 0. The van der Waals surface area contributed by atoms with Gasteiger partial charge in [0.2, 0.25) is 0 Å². The van der Waals surface area contributed by atoms with Gasteiger partial charge in [-0.05, 0) is 28.8 Å². The normalized spacial score (nSPS) is 11.3. The summed E-state index contributed by atoms with van der Waals surface area (Å²) in [4.78, 5) is 23.9. The summed E-state index contributed by atoms with van der Waals surface area (Å²) in [5.41, 5.74) is 11.0. The Kier molecular flexibility index (Phi) is 7.02. The molecule has 6 heteroatoms. The molecule has 0 saturated carbocycles. The summed E-state index contributed by atoms with van der Waals surface area (Å²) in [5.74, 6) is 1.90. The molecule has 0 aliphatic rings. The lowest BCUT2D eigenvalue weighted by Gasteiger charge is -2.09. The summed E-state index contributed by atoms with van der Waals surface area (Å²) in [6.07, 6.45) is 1.62. The maximum atomic E-state index is 6.57. The maximum Gasteiger partial charge on any atom is 0.180 e. The fourth-order valence-corrected chi connectivity index (χ4v) is 6.24. The van der Waals surface area contributed by atoms with E-state index in [9.17, 15) is 0 Å². The van der Waals surface area contributed by atoms with Gasteiger partial charge in [-0.1, -0.05) is 146 Å². The molecule has 0 N–H and O–H groups in total. The molecule has 0 aliphatic carbocycles. The number of benzene rings is 6. The Morgan fingerprint density at radius 1 is 0.367 bits per heavy atom. The highest BCUT2D eigenvalue weighted by molar-refractivity contribution is 6.10. The average molecular weight is 630 g/mol. The summed E-state index contributed by atoms with van der Waals surface area (Å²) in [5, 5.41) is 0.968. The van der Waals surface area contributed by atoms with Crippen molar-refractivity contribution < 1.29 is 4.42 Å². The minimum Gasteiger partial charge on any atom is -0.451 e. The van der Waals surface area contributed by atoms with Crippen molar-refractivity contribution in [1.82, 2.24) is 24.9 Å². The SMILES string of the molecule is c1ccc(-c2nc(-c3ccccc3)nc(-c3ccc(-c4cccc(-c5ncnc6c5oc5c(-c7ccccc7)cccc56)c4)cc3)n2)cc1. The Labute approximate surface area is 282 Å². The summed E-state index contributed by atoms with van der Waals surface area (Å²) in [6, 6.07) is 53.2. The van der Waals surface area contributed by atoms with Gasteiger partial charge in [-0.3, -0.25) is 0 Å². The van der Waals surface area contributed by atoms with Crippen LogP contribution < -0.4 is 0 Å². The maximum absolute atomic E-state index is 6.57. The standard InChI is InChI=1S/C43H27N5O/c1-4-12-29(13-5-1)35-20-11-21-36-38-40(49-39(35)36)37(44-27-45-38)34-19-10-18-33(26-34)28-22-24-32(25-23-28)43-47-41(30-14-6-2-7-15-30)46-42(48-43)31-16-8-3-9-17-31/h1-27H. The summed E-state index contributed by atoms with van der Waals surface area (Å²) >= 11 is 0. The Balaban J connectivity index is 1.09. The molecule has 9 rings (SSSR count). The van der Waals surface area contributed by atoms with Gasteiger partial charge in [0.25, 0.3) is 0 Å². The van der Waals surface area contributed by atoms with Crippen molar-refractivity contribution in [3.05, 3.63) is 164 Å². The highest BCUT2D eigenvalue weighted by Gasteiger charge is 2.18. The van der Waals surface area contributed by atoms with E-state index in [0.29, 0.717) is 23.1 Å². The third-order valence-electron chi connectivity index (χ3n) is 8.67. The fourth-order valence-electron chi connectivity index (χ4n) is 6.24. The highest BCUT2D eigenvalue weighted by Crippen LogP contribution is 2.38. The van der Waals surface area contributed by atoms with Crippen molar-refractivity contribution in [1.29, 1.82) is 0 Å². The monoisotopic (exact) mass is 629 g/mol. The zero-order valence-electron chi connectivity index (χ0n) is 26.2. The molecule has 3 heterocycles. The number of aromatic nitrogens is 5. The molecule has 0 spiro atoms. The van der Waals surface area contributed by atoms with Crippen molar-refractivity contribution in [2.45, 2.75) is 0 Å². The minimum atomic E-state index is 0.621. The van der Waals surface area contributed by atoms with Crippen molar-refractivity contribution in [2.75, 3.05) is 0 Å². The first-order valence-corrected chi connectivity index (χ1v) is 16.1. The molecule has 49 heavy (non-hydrogen) atoms. The van der Waals surface area contributed by atoms with E-state index in [-0.39, 0.29) is 0 Å². The van der Waals surface area contributed by atoms with Crippen LogP contribution in [-0.4, -0.2) is 24.9 Å². The molecule has 0 unspecified atom stereocenters. The third kappa shape index (κ3) is 5.31. The van der Waals surface area contributed by atoms with E-state index in [1.807, 2.05) is 84.9 Å². The number of hydrogen-bond acceptors (Lipinski definition) is 6. The number of furan rings is 1. The first-order chi connectivity index (χ1) is 24.3. The van der Waals surface area contributed by atoms with Crippen LogP contribution in [0.3, 0.4) is 0 Å². The van der Waals surface area contributed by atoms with Crippen LogP contribution in [-0.2, 0) is 0 Å². The van der Waals surface area contributed by atoms with E-state index < -0.39 is 0 Å². The average Bonchev–Trinajstić information content (AvgIpc) is 3.58.